The Kier molecular flexibility index (Phi) is 8.17. The first-order valence-corrected chi connectivity index (χ1v) is 17.2. The van der Waals surface area contributed by atoms with Crippen LogP contribution in [0.4, 0.5) is 14.6 Å². The van der Waals surface area contributed by atoms with E-state index in [0.717, 1.165) is 44.2 Å². The number of likely N-dealkylation sites (tertiary alicyclic amines) is 1. The minimum atomic E-state index is -0.903. The molecular formula is C36H38ClF2N7O2. The molecule has 4 fully saturated rings. The number of anilines is 1. The first-order chi connectivity index (χ1) is 23.3. The van der Waals surface area contributed by atoms with Crippen LogP contribution in [0.2, 0.25) is 5.02 Å². The predicted molar refractivity (Wildman–Crippen MR) is 183 cm³/mol. The molecule has 4 aromatic rings. The van der Waals surface area contributed by atoms with Crippen molar-refractivity contribution in [3.63, 3.8) is 0 Å². The van der Waals surface area contributed by atoms with Crippen molar-refractivity contribution in [3.05, 3.63) is 65.6 Å². The van der Waals surface area contributed by atoms with Gasteiger partial charge in [0.15, 0.2) is 5.82 Å². The molecule has 2 aromatic heterocycles. The Morgan fingerprint density at radius 2 is 2.02 bits per heavy atom. The predicted octanol–water partition coefficient (Wildman–Crippen LogP) is 5.55. The first-order valence-electron chi connectivity index (χ1n) is 16.8. The molecule has 48 heavy (non-hydrogen) atoms. The monoisotopic (exact) mass is 673 g/mol. The van der Waals surface area contributed by atoms with Gasteiger partial charge in [0, 0.05) is 73.4 Å². The van der Waals surface area contributed by atoms with E-state index in [4.69, 9.17) is 21.3 Å². The van der Waals surface area contributed by atoms with E-state index in [1.807, 2.05) is 47.2 Å². The van der Waals surface area contributed by atoms with Crippen LogP contribution < -0.4 is 15.0 Å². The molecule has 9 nitrogen and oxygen atoms in total. The largest absolute Gasteiger partial charge is 0.461 e. The molecule has 0 aliphatic carbocycles. The summed E-state index contributed by atoms with van der Waals surface area (Å²) in [7, 11) is 1.90. The SMILES string of the molecule is CN(c1nc(OC[C@@]23CCCN2C[C@H](F)C3)nc2c(F)c(-c3cccc4cccc(Cl)c34)ncc12)[C@@H]1CCN(C(=O)/C=C/[C@H]2CCN2)C1. The number of carbonyl (C=O) groups is 1. The molecule has 4 atom stereocenters. The lowest BCUT2D eigenvalue weighted by Gasteiger charge is -2.31. The molecule has 0 radical (unpaired) electrons. The summed E-state index contributed by atoms with van der Waals surface area (Å²) in [6.07, 6.45) is 8.24. The fraction of sp³-hybridized carbons (Fsp3) is 0.444. The quantitative estimate of drug-likeness (QED) is 0.244. The first kappa shape index (κ1) is 31.3. The molecular weight excluding hydrogens is 636 g/mol. The number of pyridine rings is 1. The van der Waals surface area contributed by atoms with Gasteiger partial charge in [-0.1, -0.05) is 48.0 Å². The molecule has 1 N–H and O–H groups in total. The molecule has 6 heterocycles. The van der Waals surface area contributed by atoms with Crippen LogP contribution in [0.3, 0.4) is 0 Å². The van der Waals surface area contributed by atoms with Gasteiger partial charge < -0.3 is 19.9 Å². The van der Waals surface area contributed by atoms with E-state index < -0.39 is 17.5 Å². The van der Waals surface area contributed by atoms with E-state index in [0.29, 0.717) is 53.2 Å². The van der Waals surface area contributed by atoms with Crippen molar-refractivity contribution < 1.29 is 18.3 Å². The molecule has 0 unspecified atom stereocenters. The average Bonchev–Trinajstić information content (AvgIpc) is 3.78. The van der Waals surface area contributed by atoms with Gasteiger partial charge >= 0.3 is 6.01 Å². The topological polar surface area (TPSA) is 86.7 Å². The third-order valence-corrected chi connectivity index (χ3v) is 11.0. The van der Waals surface area contributed by atoms with Crippen molar-refractivity contribution >= 4 is 45.0 Å². The highest BCUT2D eigenvalue weighted by molar-refractivity contribution is 6.36. The normalized spacial score (nSPS) is 25.7. The van der Waals surface area contributed by atoms with Crippen LogP contribution in [0.1, 0.15) is 32.1 Å². The van der Waals surface area contributed by atoms with Crippen molar-refractivity contribution in [2.75, 3.05) is 51.3 Å². The molecule has 4 aliphatic heterocycles. The molecule has 0 bridgehead atoms. The van der Waals surface area contributed by atoms with Crippen molar-refractivity contribution in [1.82, 2.24) is 30.1 Å². The second-order valence-corrected chi connectivity index (χ2v) is 14.0. The minimum absolute atomic E-state index is 0.0228. The molecule has 4 saturated heterocycles. The number of fused-ring (bicyclic) bond motifs is 3. The molecule has 0 saturated carbocycles. The van der Waals surface area contributed by atoms with Crippen LogP contribution in [0, 0.1) is 5.82 Å². The van der Waals surface area contributed by atoms with Gasteiger partial charge in [-0.25, -0.2) is 8.78 Å². The van der Waals surface area contributed by atoms with Crippen molar-refractivity contribution in [1.29, 1.82) is 0 Å². The highest BCUT2D eigenvalue weighted by Gasteiger charge is 2.49. The summed E-state index contributed by atoms with van der Waals surface area (Å²) in [5, 5.41) is 5.79. The van der Waals surface area contributed by atoms with E-state index in [-0.39, 0.29) is 41.8 Å². The Hall–Kier alpha value is -3.93. The second-order valence-electron chi connectivity index (χ2n) is 13.6. The fourth-order valence-electron chi connectivity index (χ4n) is 7.89. The van der Waals surface area contributed by atoms with E-state index in [2.05, 4.69) is 20.2 Å². The summed E-state index contributed by atoms with van der Waals surface area (Å²) in [5.74, 6) is -0.163. The van der Waals surface area contributed by atoms with E-state index >= 15 is 4.39 Å². The number of amides is 1. The van der Waals surface area contributed by atoms with E-state index in [9.17, 15) is 9.18 Å². The lowest BCUT2D eigenvalue weighted by molar-refractivity contribution is -0.125. The number of hydrogen-bond donors (Lipinski definition) is 1. The highest BCUT2D eigenvalue weighted by Crippen LogP contribution is 2.41. The summed E-state index contributed by atoms with van der Waals surface area (Å²) in [6.45, 7) is 3.52. The maximum Gasteiger partial charge on any atom is 0.319 e. The maximum atomic E-state index is 16.8. The number of carbonyl (C=O) groups excluding carboxylic acids is 1. The van der Waals surface area contributed by atoms with Crippen molar-refractivity contribution in [3.8, 4) is 17.3 Å². The molecule has 8 rings (SSSR count). The minimum Gasteiger partial charge on any atom is -0.461 e. The maximum absolute atomic E-state index is 16.8. The number of hydrogen-bond acceptors (Lipinski definition) is 8. The van der Waals surface area contributed by atoms with Crippen molar-refractivity contribution in [2.45, 2.75) is 55.9 Å². The Balaban J connectivity index is 1.16. The van der Waals surface area contributed by atoms with Gasteiger partial charge in [-0.05, 0) is 50.2 Å². The molecule has 250 valence electrons. The summed E-state index contributed by atoms with van der Waals surface area (Å²) < 4.78 is 37.6. The van der Waals surface area contributed by atoms with Crippen LogP contribution in [0.5, 0.6) is 6.01 Å². The number of nitrogens with zero attached hydrogens (tertiary/aromatic N) is 6. The average molecular weight is 674 g/mol. The zero-order valence-electron chi connectivity index (χ0n) is 26.8. The van der Waals surface area contributed by atoms with Crippen molar-refractivity contribution in [2.24, 2.45) is 0 Å². The zero-order chi connectivity index (χ0) is 33.0. The smallest absolute Gasteiger partial charge is 0.319 e. The van der Waals surface area contributed by atoms with Gasteiger partial charge in [-0.15, -0.1) is 0 Å². The molecule has 1 amide bonds. The summed E-state index contributed by atoms with van der Waals surface area (Å²) in [6, 6.07) is 11.4. The Labute approximate surface area is 282 Å². The van der Waals surface area contributed by atoms with Gasteiger partial charge in [-0.3, -0.25) is 14.7 Å². The van der Waals surface area contributed by atoms with Gasteiger partial charge in [0.25, 0.3) is 0 Å². The molecule has 2 aromatic carbocycles. The number of ether oxygens (including phenoxy) is 1. The number of nitrogens with one attached hydrogen (secondary N) is 1. The lowest BCUT2D eigenvalue weighted by atomic mass is 9.95. The van der Waals surface area contributed by atoms with Crippen LogP contribution >= 0.6 is 11.6 Å². The van der Waals surface area contributed by atoms with E-state index in [1.54, 1.807) is 24.4 Å². The summed E-state index contributed by atoms with van der Waals surface area (Å²) >= 11 is 6.62. The zero-order valence-corrected chi connectivity index (χ0v) is 27.6. The van der Waals surface area contributed by atoms with Crippen LogP contribution in [0.15, 0.2) is 54.7 Å². The summed E-state index contributed by atoms with van der Waals surface area (Å²) in [5.41, 5.74) is 0.346. The van der Waals surface area contributed by atoms with Crippen LogP contribution in [0.25, 0.3) is 32.9 Å². The molecule has 4 aliphatic rings. The standard InChI is InChI=1S/C36H38ClF2N7O2/c1-44(25-12-16-45(20-25)29(47)10-9-24-11-14-40-24)34-27-18-41-32(26-7-2-5-22-6-3-8-28(37)30(22)26)31(39)33(27)42-35(43-34)48-21-36-13-4-15-46(36)19-23(38)17-36/h2-3,5-10,18,23-25,40H,4,11-17,19-21H2,1H3/b10-9+/t23-,24+,25-,36+/m1/s1. The van der Waals surface area contributed by atoms with Gasteiger partial charge in [-0.2, -0.15) is 9.97 Å². The highest BCUT2D eigenvalue weighted by atomic mass is 35.5. The number of rotatable bonds is 8. The number of aromatic nitrogens is 3. The molecule has 12 heteroatoms. The third kappa shape index (κ3) is 5.55. The number of benzene rings is 2. The van der Waals surface area contributed by atoms with Crippen LogP contribution in [-0.2, 0) is 4.79 Å². The lowest BCUT2D eigenvalue weighted by Crippen LogP contribution is -2.43. The van der Waals surface area contributed by atoms with Gasteiger partial charge in [0.05, 0.1) is 10.9 Å². The third-order valence-electron chi connectivity index (χ3n) is 10.7. The van der Waals surface area contributed by atoms with Gasteiger partial charge in [0.1, 0.15) is 29.8 Å². The Bertz CT molecular complexity index is 1920. The Morgan fingerprint density at radius 1 is 1.19 bits per heavy atom. The van der Waals surface area contributed by atoms with E-state index in [1.165, 1.54) is 0 Å². The number of halogens is 3. The van der Waals surface area contributed by atoms with Gasteiger partial charge in [0.2, 0.25) is 5.91 Å². The number of alkyl halides is 1. The van der Waals surface area contributed by atoms with Crippen LogP contribution in [-0.4, -0.2) is 101 Å². The Morgan fingerprint density at radius 3 is 2.83 bits per heavy atom. The second kappa shape index (κ2) is 12.5. The fourth-order valence-corrected chi connectivity index (χ4v) is 8.18. The molecule has 0 spiro atoms. The number of likely N-dealkylation sites (N-methyl/N-ethyl adjacent to an activating group) is 1. The summed E-state index contributed by atoms with van der Waals surface area (Å²) in [4.78, 5) is 33.0.